The van der Waals surface area contributed by atoms with Crippen LogP contribution < -0.4 is 14.2 Å². The Morgan fingerprint density at radius 1 is 1.08 bits per heavy atom. The molecule has 0 saturated carbocycles. The van der Waals surface area contributed by atoms with Crippen LogP contribution in [0.5, 0.6) is 17.2 Å². The number of amides is 1. The summed E-state index contributed by atoms with van der Waals surface area (Å²) in [5.74, 6) is 0.638. The zero-order valence-corrected chi connectivity index (χ0v) is 23.3. The molecule has 1 amide bonds. The topological polar surface area (TPSA) is 94.5 Å². The number of ketones is 1. The second-order valence-electron chi connectivity index (χ2n) is 10.4. The van der Waals surface area contributed by atoms with Crippen LogP contribution in [0.1, 0.15) is 63.6 Å². The number of rotatable bonds is 12. The molecule has 0 aliphatic carbocycles. The largest absolute Gasteiger partial charge is 0.507 e. The molecule has 4 rings (SSSR count). The highest BCUT2D eigenvalue weighted by Gasteiger charge is 2.47. The minimum Gasteiger partial charge on any atom is -0.507 e. The van der Waals surface area contributed by atoms with Crippen molar-refractivity contribution in [2.75, 3.05) is 33.5 Å². The predicted molar refractivity (Wildman–Crippen MR) is 148 cm³/mol. The maximum atomic E-state index is 13.4. The molecule has 2 saturated heterocycles. The fourth-order valence-corrected chi connectivity index (χ4v) is 4.89. The molecular formula is C31H39NO7. The number of hydrogen-bond donors (Lipinski definition) is 1. The minimum absolute atomic E-state index is 0.0377. The number of carbonyl (C=O) groups excluding carboxylic acids is 2. The Hall–Kier alpha value is -3.52. The van der Waals surface area contributed by atoms with Crippen LogP contribution in [0, 0.1) is 5.92 Å². The maximum absolute atomic E-state index is 13.4. The fraction of sp³-hybridized carbons (Fsp3) is 0.484. The van der Waals surface area contributed by atoms with E-state index in [-0.39, 0.29) is 24.0 Å². The summed E-state index contributed by atoms with van der Waals surface area (Å²) in [5.41, 5.74) is 1.11. The van der Waals surface area contributed by atoms with Gasteiger partial charge in [0.2, 0.25) is 0 Å². The first-order valence-corrected chi connectivity index (χ1v) is 13.8. The highest BCUT2D eigenvalue weighted by atomic mass is 16.5. The van der Waals surface area contributed by atoms with Crippen molar-refractivity contribution in [3.8, 4) is 17.2 Å². The Morgan fingerprint density at radius 2 is 1.85 bits per heavy atom. The number of carbonyl (C=O) groups is 2. The van der Waals surface area contributed by atoms with Gasteiger partial charge in [-0.15, -0.1) is 0 Å². The number of aliphatic hydroxyl groups excluding tert-OH is 1. The van der Waals surface area contributed by atoms with Gasteiger partial charge in [-0.1, -0.05) is 26.8 Å². The maximum Gasteiger partial charge on any atom is 0.295 e. The van der Waals surface area contributed by atoms with E-state index in [4.69, 9.17) is 18.9 Å². The van der Waals surface area contributed by atoms with E-state index in [1.54, 1.807) is 43.5 Å². The first kappa shape index (κ1) is 28.5. The Kier molecular flexibility index (Phi) is 9.51. The molecular weight excluding hydrogens is 498 g/mol. The first-order chi connectivity index (χ1) is 18.8. The number of methoxy groups -OCH3 is 1. The van der Waals surface area contributed by atoms with Crippen molar-refractivity contribution < 1.29 is 33.6 Å². The quantitative estimate of drug-likeness (QED) is 0.217. The van der Waals surface area contributed by atoms with Crippen molar-refractivity contribution in [3.05, 3.63) is 59.2 Å². The molecule has 0 radical (unpaired) electrons. The predicted octanol–water partition coefficient (Wildman–Crippen LogP) is 5.51. The van der Waals surface area contributed by atoms with Gasteiger partial charge in [-0.2, -0.15) is 0 Å². The summed E-state index contributed by atoms with van der Waals surface area (Å²) >= 11 is 0. The summed E-state index contributed by atoms with van der Waals surface area (Å²) in [6, 6.07) is 11.5. The number of nitrogens with zero attached hydrogens (tertiary/aromatic N) is 1. The molecule has 2 unspecified atom stereocenters. The molecule has 0 spiro atoms. The van der Waals surface area contributed by atoms with E-state index in [1.807, 2.05) is 13.0 Å². The van der Waals surface area contributed by atoms with Crippen LogP contribution in [-0.2, 0) is 14.3 Å². The zero-order valence-electron chi connectivity index (χ0n) is 23.3. The lowest BCUT2D eigenvalue weighted by molar-refractivity contribution is -0.140. The highest BCUT2D eigenvalue weighted by Crippen LogP contribution is 2.42. The van der Waals surface area contributed by atoms with Crippen LogP contribution in [0.4, 0.5) is 0 Å². The summed E-state index contributed by atoms with van der Waals surface area (Å²) in [4.78, 5) is 28.2. The third-order valence-corrected chi connectivity index (χ3v) is 7.02. The lowest BCUT2D eigenvalue weighted by atomic mass is 9.94. The number of ether oxygens (including phenoxy) is 4. The molecule has 210 valence electrons. The van der Waals surface area contributed by atoms with Gasteiger partial charge in [-0.3, -0.25) is 9.59 Å². The number of hydrogen-bond acceptors (Lipinski definition) is 7. The van der Waals surface area contributed by atoms with Crippen molar-refractivity contribution in [2.45, 2.75) is 58.6 Å². The highest BCUT2D eigenvalue weighted by molar-refractivity contribution is 6.46. The number of aliphatic hydroxyl groups is 1. The minimum atomic E-state index is -0.802. The van der Waals surface area contributed by atoms with Crippen LogP contribution in [0.25, 0.3) is 5.76 Å². The molecule has 2 aliphatic rings. The van der Waals surface area contributed by atoms with E-state index < -0.39 is 17.7 Å². The molecule has 2 aromatic rings. The van der Waals surface area contributed by atoms with Gasteiger partial charge in [-0.25, -0.2) is 0 Å². The fourth-order valence-electron chi connectivity index (χ4n) is 4.89. The Balaban J connectivity index is 1.73. The summed E-state index contributed by atoms with van der Waals surface area (Å²) in [5, 5.41) is 11.4. The average Bonchev–Trinajstić information content (AvgIpc) is 3.54. The summed E-state index contributed by atoms with van der Waals surface area (Å²) < 4.78 is 23.0. The van der Waals surface area contributed by atoms with Crippen LogP contribution in [0.2, 0.25) is 0 Å². The monoisotopic (exact) mass is 537 g/mol. The second-order valence-corrected chi connectivity index (χ2v) is 10.4. The van der Waals surface area contributed by atoms with Gasteiger partial charge in [-0.05, 0) is 73.6 Å². The van der Waals surface area contributed by atoms with E-state index in [0.717, 1.165) is 25.7 Å². The third kappa shape index (κ3) is 6.56. The molecule has 2 aliphatic heterocycles. The van der Waals surface area contributed by atoms with Gasteiger partial charge in [0.15, 0.2) is 11.5 Å². The number of likely N-dealkylation sites (tertiary alicyclic amines) is 1. The Morgan fingerprint density at radius 3 is 2.49 bits per heavy atom. The van der Waals surface area contributed by atoms with Gasteiger partial charge >= 0.3 is 0 Å². The molecule has 2 aromatic carbocycles. The van der Waals surface area contributed by atoms with Gasteiger partial charge < -0.3 is 29.0 Å². The second kappa shape index (κ2) is 13.0. The van der Waals surface area contributed by atoms with Crippen LogP contribution in [0.3, 0.4) is 0 Å². The lowest BCUT2D eigenvalue weighted by Gasteiger charge is -2.28. The van der Waals surface area contributed by atoms with Crippen molar-refractivity contribution in [2.24, 2.45) is 5.92 Å². The standard InChI is InChI=1S/C31H39NO7/c1-5-15-37-23-11-8-21(9-12-23)29(33)27-28(32(31(35)30(27)34)19-24-7-6-16-38-24)22-10-13-25(26(18-22)36-4)39-17-14-20(2)3/h8-13,18,20,24,28,33H,5-7,14-17,19H2,1-4H3/b29-27-. The number of benzene rings is 2. The Bertz CT molecular complexity index is 1180. The molecule has 0 aromatic heterocycles. The normalized spacial score (nSPS) is 20.6. The molecule has 1 N–H and O–H groups in total. The smallest absolute Gasteiger partial charge is 0.295 e. The van der Waals surface area contributed by atoms with Gasteiger partial charge in [0.05, 0.1) is 38.0 Å². The van der Waals surface area contributed by atoms with Crippen molar-refractivity contribution >= 4 is 17.4 Å². The van der Waals surface area contributed by atoms with Crippen LogP contribution in [0.15, 0.2) is 48.0 Å². The van der Waals surface area contributed by atoms with E-state index in [9.17, 15) is 14.7 Å². The summed E-state index contributed by atoms with van der Waals surface area (Å²) in [6.45, 7) is 8.29. The van der Waals surface area contributed by atoms with Crippen LogP contribution in [-0.4, -0.2) is 61.3 Å². The van der Waals surface area contributed by atoms with Crippen molar-refractivity contribution in [3.63, 3.8) is 0 Å². The molecule has 8 nitrogen and oxygen atoms in total. The molecule has 39 heavy (non-hydrogen) atoms. The molecule has 2 fully saturated rings. The van der Waals surface area contributed by atoms with E-state index >= 15 is 0 Å². The van der Waals surface area contributed by atoms with Gasteiger partial charge in [0.1, 0.15) is 11.5 Å². The summed E-state index contributed by atoms with van der Waals surface area (Å²) in [7, 11) is 1.56. The lowest BCUT2D eigenvalue weighted by Crippen LogP contribution is -2.36. The first-order valence-electron chi connectivity index (χ1n) is 13.8. The van der Waals surface area contributed by atoms with E-state index in [2.05, 4.69) is 13.8 Å². The molecule has 8 heteroatoms. The van der Waals surface area contributed by atoms with Crippen LogP contribution >= 0.6 is 0 Å². The zero-order chi connectivity index (χ0) is 27.9. The SMILES string of the molecule is CCCOc1ccc(/C(O)=C2/C(=O)C(=O)N(CC3CCCO3)C2c2ccc(OCCC(C)C)c(OC)c2)cc1. The van der Waals surface area contributed by atoms with Gasteiger partial charge in [0, 0.05) is 18.7 Å². The molecule has 2 heterocycles. The van der Waals surface area contributed by atoms with Gasteiger partial charge in [0.25, 0.3) is 11.7 Å². The van der Waals surface area contributed by atoms with Crippen molar-refractivity contribution in [1.29, 1.82) is 0 Å². The third-order valence-electron chi connectivity index (χ3n) is 7.02. The van der Waals surface area contributed by atoms with E-state index in [1.165, 1.54) is 4.90 Å². The van der Waals surface area contributed by atoms with E-state index in [0.29, 0.717) is 54.1 Å². The molecule has 0 bridgehead atoms. The van der Waals surface area contributed by atoms with Crippen molar-refractivity contribution in [1.82, 2.24) is 4.90 Å². The average molecular weight is 538 g/mol. The summed E-state index contributed by atoms with van der Waals surface area (Å²) in [6.07, 6.45) is 3.32. The number of Topliss-reactive ketones (excluding diaryl/α,β-unsaturated/α-hetero) is 1. The Labute approximate surface area is 230 Å². The molecule has 2 atom stereocenters.